The van der Waals surface area contributed by atoms with E-state index in [9.17, 15) is 0 Å². The molecule has 0 bridgehead atoms. The summed E-state index contributed by atoms with van der Waals surface area (Å²) in [6.07, 6.45) is 4.71. The third kappa shape index (κ3) is 3.13. The summed E-state index contributed by atoms with van der Waals surface area (Å²) in [7, 11) is 2.17. The largest absolute Gasteiger partial charge is 0.367 e. The first-order valence-corrected chi connectivity index (χ1v) is 7.05. The number of nitrogens with zero attached hydrogens (tertiary/aromatic N) is 3. The molecule has 1 saturated carbocycles. The smallest absolute Gasteiger partial charge is 0.145 e. The lowest BCUT2D eigenvalue weighted by Crippen LogP contribution is -2.37. The molecule has 6 nitrogen and oxygen atoms in total. The molecule has 0 aromatic carbocycles. The normalized spacial score (nSPS) is 21.4. The van der Waals surface area contributed by atoms with E-state index in [1.54, 1.807) is 0 Å². The van der Waals surface area contributed by atoms with Gasteiger partial charge in [-0.25, -0.2) is 15.8 Å². The van der Waals surface area contributed by atoms with E-state index in [1.807, 2.05) is 6.07 Å². The molecule has 3 rings (SSSR count). The molecule has 2 heterocycles. The van der Waals surface area contributed by atoms with Gasteiger partial charge in [-0.1, -0.05) is 0 Å². The van der Waals surface area contributed by atoms with Crippen molar-refractivity contribution in [1.29, 1.82) is 0 Å². The molecule has 0 spiro atoms. The third-order valence-electron chi connectivity index (χ3n) is 3.90. The number of piperidine rings is 1. The number of hydrogen-bond donors (Lipinski definition) is 3. The minimum absolute atomic E-state index is 0.503. The summed E-state index contributed by atoms with van der Waals surface area (Å²) in [6.45, 7) is 2.28. The first kappa shape index (κ1) is 12.6. The highest BCUT2D eigenvalue weighted by molar-refractivity contribution is 5.48. The van der Waals surface area contributed by atoms with Crippen molar-refractivity contribution in [3.8, 4) is 0 Å². The molecule has 0 amide bonds. The van der Waals surface area contributed by atoms with Crippen LogP contribution in [0.5, 0.6) is 0 Å². The van der Waals surface area contributed by atoms with Crippen LogP contribution in [0.25, 0.3) is 0 Å². The van der Waals surface area contributed by atoms with Gasteiger partial charge < -0.3 is 15.6 Å². The number of aromatic nitrogens is 2. The van der Waals surface area contributed by atoms with Crippen molar-refractivity contribution in [2.24, 2.45) is 5.84 Å². The number of likely N-dealkylation sites (tertiary alicyclic amines) is 1. The van der Waals surface area contributed by atoms with E-state index >= 15 is 0 Å². The summed E-state index contributed by atoms with van der Waals surface area (Å²) < 4.78 is 0. The average Bonchev–Trinajstić information content (AvgIpc) is 3.25. The Bertz CT molecular complexity index is 437. The van der Waals surface area contributed by atoms with Crippen molar-refractivity contribution >= 4 is 11.6 Å². The van der Waals surface area contributed by atoms with Crippen LogP contribution in [0.3, 0.4) is 0 Å². The fourth-order valence-electron chi connectivity index (χ4n) is 2.50. The summed E-state index contributed by atoms with van der Waals surface area (Å²) in [5.74, 6) is 8.54. The van der Waals surface area contributed by atoms with Gasteiger partial charge in [0.15, 0.2) is 0 Å². The van der Waals surface area contributed by atoms with Crippen LogP contribution >= 0.6 is 0 Å². The van der Waals surface area contributed by atoms with Gasteiger partial charge in [0.05, 0.1) is 0 Å². The third-order valence-corrected chi connectivity index (χ3v) is 3.90. The molecule has 1 aliphatic heterocycles. The maximum absolute atomic E-state index is 5.48. The van der Waals surface area contributed by atoms with Crippen LogP contribution in [0.1, 0.15) is 37.4 Å². The Hall–Kier alpha value is -1.40. The second-order valence-electron chi connectivity index (χ2n) is 5.64. The zero-order valence-corrected chi connectivity index (χ0v) is 11.4. The number of nitrogens with two attached hydrogens (primary N) is 1. The van der Waals surface area contributed by atoms with Gasteiger partial charge in [-0.15, -0.1) is 0 Å². The second kappa shape index (κ2) is 5.30. The van der Waals surface area contributed by atoms with Crippen LogP contribution in [0.15, 0.2) is 6.07 Å². The predicted octanol–water partition coefficient (Wildman–Crippen LogP) is 1.15. The Morgan fingerprint density at radius 3 is 2.47 bits per heavy atom. The van der Waals surface area contributed by atoms with Gasteiger partial charge in [-0.3, -0.25) is 0 Å². The van der Waals surface area contributed by atoms with Gasteiger partial charge in [-0.05, 0) is 45.8 Å². The summed E-state index contributed by atoms with van der Waals surface area (Å²) >= 11 is 0. The fourth-order valence-corrected chi connectivity index (χ4v) is 2.50. The van der Waals surface area contributed by atoms with E-state index in [0.717, 1.165) is 37.6 Å². The Labute approximate surface area is 113 Å². The van der Waals surface area contributed by atoms with E-state index in [1.165, 1.54) is 12.8 Å². The van der Waals surface area contributed by atoms with E-state index < -0.39 is 0 Å². The lowest BCUT2D eigenvalue weighted by Gasteiger charge is -2.29. The number of anilines is 2. The molecule has 0 atom stereocenters. The van der Waals surface area contributed by atoms with Crippen molar-refractivity contribution in [2.75, 3.05) is 30.9 Å². The molecule has 2 aliphatic rings. The average molecular weight is 262 g/mol. The summed E-state index contributed by atoms with van der Waals surface area (Å²) in [4.78, 5) is 11.4. The monoisotopic (exact) mass is 262 g/mol. The van der Waals surface area contributed by atoms with Gasteiger partial charge in [0.1, 0.15) is 17.5 Å². The van der Waals surface area contributed by atoms with Crippen LogP contribution in [0.2, 0.25) is 0 Å². The molecule has 2 fully saturated rings. The molecule has 1 aliphatic carbocycles. The molecule has 1 aromatic rings. The van der Waals surface area contributed by atoms with Crippen LogP contribution in [-0.4, -0.2) is 41.0 Å². The van der Waals surface area contributed by atoms with Gasteiger partial charge in [0, 0.05) is 18.0 Å². The van der Waals surface area contributed by atoms with Gasteiger partial charge in [0.25, 0.3) is 0 Å². The highest BCUT2D eigenvalue weighted by Gasteiger charge is 2.27. The highest BCUT2D eigenvalue weighted by atomic mass is 15.3. The molecule has 1 aromatic heterocycles. The molecule has 104 valence electrons. The first-order chi connectivity index (χ1) is 9.24. The lowest BCUT2D eigenvalue weighted by molar-refractivity contribution is 0.263. The molecule has 0 unspecified atom stereocenters. The number of nitrogen functional groups attached to an aromatic ring is 1. The van der Waals surface area contributed by atoms with Crippen LogP contribution < -0.4 is 16.6 Å². The van der Waals surface area contributed by atoms with Crippen LogP contribution in [0, 0.1) is 0 Å². The fraction of sp³-hybridized carbons (Fsp3) is 0.692. The van der Waals surface area contributed by atoms with E-state index in [2.05, 4.69) is 32.7 Å². The van der Waals surface area contributed by atoms with Crippen LogP contribution in [0.4, 0.5) is 11.6 Å². The highest BCUT2D eigenvalue weighted by Crippen LogP contribution is 2.38. The quantitative estimate of drug-likeness (QED) is 0.558. The zero-order chi connectivity index (χ0) is 13.2. The molecule has 1 saturated heterocycles. The Balaban J connectivity index is 1.70. The van der Waals surface area contributed by atoms with Gasteiger partial charge >= 0.3 is 0 Å². The second-order valence-corrected chi connectivity index (χ2v) is 5.64. The minimum atomic E-state index is 0.503. The number of hydrogen-bond acceptors (Lipinski definition) is 6. The SMILES string of the molecule is CN1CCC(Nc2cc(NN)nc(C3CC3)n2)CC1. The molecular weight excluding hydrogens is 240 g/mol. The topological polar surface area (TPSA) is 79.1 Å². The summed E-state index contributed by atoms with van der Waals surface area (Å²) in [6, 6.07) is 2.40. The summed E-state index contributed by atoms with van der Waals surface area (Å²) in [5.41, 5.74) is 2.64. The Kier molecular flexibility index (Phi) is 3.52. The van der Waals surface area contributed by atoms with E-state index in [4.69, 9.17) is 5.84 Å². The standard InChI is InChI=1S/C13H22N6/c1-19-6-4-10(5-7-19)15-11-8-12(18-14)17-13(16-11)9-2-3-9/h8-10H,2-7,14H2,1H3,(H2,15,16,17,18). The minimum Gasteiger partial charge on any atom is -0.367 e. The molecule has 0 radical (unpaired) electrons. The first-order valence-electron chi connectivity index (χ1n) is 7.05. The van der Waals surface area contributed by atoms with Gasteiger partial charge in [0.2, 0.25) is 0 Å². The lowest BCUT2D eigenvalue weighted by atomic mass is 10.1. The summed E-state index contributed by atoms with van der Waals surface area (Å²) in [5, 5.41) is 3.53. The maximum atomic E-state index is 5.48. The zero-order valence-electron chi connectivity index (χ0n) is 11.4. The van der Waals surface area contributed by atoms with Crippen molar-refractivity contribution in [1.82, 2.24) is 14.9 Å². The number of nitrogens with one attached hydrogen (secondary N) is 2. The number of hydrazine groups is 1. The van der Waals surface area contributed by atoms with Crippen molar-refractivity contribution < 1.29 is 0 Å². The molecule has 6 heteroatoms. The van der Waals surface area contributed by atoms with Crippen LogP contribution in [-0.2, 0) is 0 Å². The Morgan fingerprint density at radius 2 is 1.84 bits per heavy atom. The Morgan fingerprint density at radius 1 is 1.16 bits per heavy atom. The predicted molar refractivity (Wildman–Crippen MR) is 76.0 cm³/mol. The molecule has 4 N–H and O–H groups in total. The molecule has 19 heavy (non-hydrogen) atoms. The molecular formula is C13H22N6. The maximum Gasteiger partial charge on any atom is 0.145 e. The van der Waals surface area contributed by atoms with Crippen molar-refractivity contribution in [2.45, 2.75) is 37.6 Å². The van der Waals surface area contributed by atoms with Crippen molar-refractivity contribution in [3.63, 3.8) is 0 Å². The van der Waals surface area contributed by atoms with E-state index in [-0.39, 0.29) is 0 Å². The van der Waals surface area contributed by atoms with E-state index in [0.29, 0.717) is 17.8 Å². The number of rotatable bonds is 4. The van der Waals surface area contributed by atoms with Gasteiger partial charge in [-0.2, -0.15) is 0 Å². The van der Waals surface area contributed by atoms with Crippen molar-refractivity contribution in [3.05, 3.63) is 11.9 Å².